The lowest BCUT2D eigenvalue weighted by molar-refractivity contribution is -0.385. The molecule has 0 aliphatic heterocycles. The van der Waals surface area contributed by atoms with Crippen molar-refractivity contribution < 1.29 is 19.4 Å². The Kier molecular flexibility index (Phi) is 7.85. The zero-order valence-electron chi connectivity index (χ0n) is 16.6. The van der Waals surface area contributed by atoms with Gasteiger partial charge in [-0.05, 0) is 79.4 Å². The maximum absolute atomic E-state index is 12.1. The summed E-state index contributed by atoms with van der Waals surface area (Å²) in [6, 6.07) is 14.7. The van der Waals surface area contributed by atoms with Crippen molar-refractivity contribution in [1.29, 1.82) is 0 Å². The molecule has 0 saturated heterocycles. The quantitative estimate of drug-likeness (QED) is 0.217. The molecule has 0 aliphatic rings. The van der Waals surface area contributed by atoms with Crippen LogP contribution in [0.4, 0.5) is 11.4 Å². The fourth-order valence-corrected chi connectivity index (χ4v) is 4.08. The lowest BCUT2D eigenvalue weighted by Gasteiger charge is -2.11. The predicted octanol–water partition coefficient (Wildman–Crippen LogP) is 5.37. The third kappa shape index (κ3) is 6.43. The highest BCUT2D eigenvalue weighted by molar-refractivity contribution is 9.11. The molecule has 1 N–H and O–H groups in total. The Morgan fingerprint density at radius 2 is 1.45 bits per heavy atom. The first-order valence-corrected chi connectivity index (χ1v) is 10.8. The fourth-order valence-electron chi connectivity index (χ4n) is 2.63. The Morgan fingerprint density at radius 3 is 1.97 bits per heavy atom. The fraction of sp³-hybridized carbons (Fsp3) is 0.0476. The number of nitrogens with zero attached hydrogens (tertiary/aromatic N) is 3. The monoisotopic (exact) mass is 576 g/mol. The van der Waals surface area contributed by atoms with Gasteiger partial charge in [-0.15, -0.1) is 0 Å². The molecule has 1 amide bonds. The molecule has 0 bridgehead atoms. The Morgan fingerprint density at radius 1 is 0.939 bits per heavy atom. The summed E-state index contributed by atoms with van der Waals surface area (Å²) in [6.45, 7) is 0.202. The first-order chi connectivity index (χ1) is 15.7. The lowest BCUT2D eigenvalue weighted by Crippen LogP contribution is -2.17. The molecule has 12 heteroatoms. The Bertz CT molecular complexity index is 1210. The molecular weight excluding hydrogens is 564 g/mol. The molecule has 0 unspecified atom stereocenters. The van der Waals surface area contributed by atoms with Crippen molar-refractivity contribution in [3.8, 4) is 5.75 Å². The van der Waals surface area contributed by atoms with Crippen molar-refractivity contribution in [1.82, 2.24) is 5.43 Å². The molecular formula is C21H14Br2N4O6. The standard InChI is InChI=1S/C21H14Br2N4O6/c22-18-9-14(11-24-25-21(28)15-3-7-17(8-4-15)27(31)32)10-19(23)20(18)33-12-13-1-5-16(6-2-13)26(29)30/h1-11H,12H2,(H,25,28)/b24-11+. The van der Waals surface area contributed by atoms with Crippen LogP contribution >= 0.6 is 31.9 Å². The number of hydrazone groups is 1. The van der Waals surface area contributed by atoms with Gasteiger partial charge in [0.25, 0.3) is 17.3 Å². The van der Waals surface area contributed by atoms with Crippen molar-refractivity contribution in [3.05, 3.63) is 107 Å². The number of carbonyl (C=O) groups is 1. The number of hydrogen-bond acceptors (Lipinski definition) is 7. The average Bonchev–Trinajstić information content (AvgIpc) is 2.78. The van der Waals surface area contributed by atoms with Crippen molar-refractivity contribution in [3.63, 3.8) is 0 Å². The van der Waals surface area contributed by atoms with Crippen molar-refractivity contribution >= 4 is 55.4 Å². The van der Waals surface area contributed by atoms with E-state index in [0.29, 0.717) is 20.3 Å². The number of rotatable bonds is 8. The van der Waals surface area contributed by atoms with Crippen LogP contribution in [0.5, 0.6) is 5.75 Å². The van der Waals surface area contributed by atoms with Crippen LogP contribution in [0.3, 0.4) is 0 Å². The Labute approximate surface area is 203 Å². The van der Waals surface area contributed by atoms with E-state index in [1.54, 1.807) is 24.3 Å². The molecule has 33 heavy (non-hydrogen) atoms. The molecule has 168 valence electrons. The van der Waals surface area contributed by atoms with Gasteiger partial charge in [0.1, 0.15) is 12.4 Å². The van der Waals surface area contributed by atoms with Crippen molar-refractivity contribution in [2.24, 2.45) is 5.10 Å². The molecule has 0 aromatic heterocycles. The number of ether oxygens (including phenoxy) is 1. The van der Waals surface area contributed by atoms with E-state index in [1.807, 2.05) is 0 Å². The van der Waals surface area contributed by atoms with Gasteiger partial charge >= 0.3 is 0 Å². The van der Waals surface area contributed by atoms with E-state index in [1.165, 1.54) is 42.6 Å². The maximum Gasteiger partial charge on any atom is 0.271 e. The van der Waals surface area contributed by atoms with E-state index in [4.69, 9.17) is 4.74 Å². The number of carbonyl (C=O) groups excluding carboxylic acids is 1. The zero-order chi connectivity index (χ0) is 24.0. The third-order valence-corrected chi connectivity index (χ3v) is 5.45. The van der Waals surface area contributed by atoms with E-state index >= 15 is 0 Å². The normalized spacial score (nSPS) is 10.7. The minimum atomic E-state index is -0.547. The molecule has 3 aromatic carbocycles. The van der Waals surface area contributed by atoms with Gasteiger partial charge in [0.15, 0.2) is 0 Å². The number of hydrogen-bond donors (Lipinski definition) is 1. The summed E-state index contributed by atoms with van der Waals surface area (Å²) in [5.41, 5.74) is 3.90. The summed E-state index contributed by atoms with van der Waals surface area (Å²) >= 11 is 6.86. The van der Waals surface area contributed by atoms with Crippen molar-refractivity contribution in [2.75, 3.05) is 0 Å². The number of nitro groups is 2. The first-order valence-electron chi connectivity index (χ1n) is 9.17. The predicted molar refractivity (Wildman–Crippen MR) is 127 cm³/mol. The molecule has 0 atom stereocenters. The SMILES string of the molecule is O=C(N/N=C/c1cc(Br)c(OCc2ccc([N+](=O)[O-])cc2)c(Br)c1)c1ccc([N+](=O)[O-])cc1. The van der Waals surface area contributed by atoms with Crippen LogP contribution in [0.25, 0.3) is 0 Å². The molecule has 3 rings (SSSR count). The van der Waals surface area contributed by atoms with Crippen LogP contribution in [0, 0.1) is 20.2 Å². The summed E-state index contributed by atoms with van der Waals surface area (Å²) in [7, 11) is 0. The smallest absolute Gasteiger partial charge is 0.271 e. The van der Waals surface area contributed by atoms with Crippen LogP contribution < -0.4 is 10.2 Å². The summed E-state index contributed by atoms with van der Waals surface area (Å²) in [4.78, 5) is 32.5. The lowest BCUT2D eigenvalue weighted by atomic mass is 10.2. The maximum atomic E-state index is 12.1. The van der Waals surface area contributed by atoms with E-state index in [-0.39, 0.29) is 23.5 Å². The van der Waals surface area contributed by atoms with Gasteiger partial charge in [0.05, 0.1) is 25.0 Å². The summed E-state index contributed by atoms with van der Waals surface area (Å²) in [5, 5.41) is 25.3. The number of amides is 1. The number of nitrogens with one attached hydrogen (secondary N) is 1. The largest absolute Gasteiger partial charge is 0.487 e. The highest BCUT2D eigenvalue weighted by Gasteiger charge is 2.11. The van der Waals surface area contributed by atoms with Gasteiger partial charge in [0.2, 0.25) is 0 Å². The highest BCUT2D eigenvalue weighted by Crippen LogP contribution is 2.35. The van der Waals surface area contributed by atoms with Gasteiger partial charge in [0, 0.05) is 29.8 Å². The van der Waals surface area contributed by atoms with E-state index < -0.39 is 15.8 Å². The molecule has 3 aromatic rings. The number of non-ortho nitro benzene ring substituents is 2. The third-order valence-electron chi connectivity index (χ3n) is 4.27. The second-order valence-electron chi connectivity index (χ2n) is 6.53. The van der Waals surface area contributed by atoms with Crippen molar-refractivity contribution in [2.45, 2.75) is 6.61 Å². The molecule has 0 aliphatic carbocycles. The molecule has 0 fully saturated rings. The molecule has 0 heterocycles. The topological polar surface area (TPSA) is 137 Å². The summed E-state index contributed by atoms with van der Waals surface area (Å²) in [6.07, 6.45) is 1.43. The molecule has 0 spiro atoms. The van der Waals surface area contributed by atoms with Crippen LogP contribution in [0.15, 0.2) is 74.7 Å². The second kappa shape index (κ2) is 10.8. The Hall–Kier alpha value is -3.64. The van der Waals surface area contributed by atoms with Crippen LogP contribution in [0.1, 0.15) is 21.5 Å². The number of nitro benzene ring substituents is 2. The summed E-state index contributed by atoms with van der Waals surface area (Å²) < 4.78 is 7.06. The van der Waals surface area contributed by atoms with E-state index in [9.17, 15) is 25.0 Å². The van der Waals surface area contributed by atoms with Crippen LogP contribution in [-0.2, 0) is 6.61 Å². The van der Waals surface area contributed by atoms with Gasteiger partial charge in [-0.25, -0.2) is 5.43 Å². The molecule has 0 saturated carbocycles. The second-order valence-corrected chi connectivity index (χ2v) is 8.24. The highest BCUT2D eigenvalue weighted by atomic mass is 79.9. The Balaban J connectivity index is 1.61. The number of benzene rings is 3. The summed E-state index contributed by atoms with van der Waals surface area (Å²) in [5.74, 6) is 0.0164. The molecule has 10 nitrogen and oxygen atoms in total. The van der Waals surface area contributed by atoms with Crippen LogP contribution in [0.2, 0.25) is 0 Å². The zero-order valence-corrected chi connectivity index (χ0v) is 19.8. The van der Waals surface area contributed by atoms with Gasteiger partial charge < -0.3 is 4.74 Å². The molecule has 0 radical (unpaired) electrons. The van der Waals surface area contributed by atoms with Gasteiger partial charge in [-0.2, -0.15) is 5.10 Å². The van der Waals surface area contributed by atoms with Gasteiger partial charge in [-0.1, -0.05) is 0 Å². The van der Waals surface area contributed by atoms with E-state index in [0.717, 1.165) is 5.56 Å². The minimum absolute atomic E-state index is 0.00502. The van der Waals surface area contributed by atoms with Crippen LogP contribution in [-0.4, -0.2) is 22.0 Å². The average molecular weight is 578 g/mol. The van der Waals surface area contributed by atoms with E-state index in [2.05, 4.69) is 42.4 Å². The first kappa shape index (κ1) is 24.0. The minimum Gasteiger partial charge on any atom is -0.487 e. The number of halogens is 2. The van der Waals surface area contributed by atoms with Gasteiger partial charge in [-0.3, -0.25) is 25.0 Å².